The summed E-state index contributed by atoms with van der Waals surface area (Å²) in [6, 6.07) is 9.84. The summed E-state index contributed by atoms with van der Waals surface area (Å²) in [6.45, 7) is 2.72. The van der Waals surface area contributed by atoms with Crippen molar-refractivity contribution < 1.29 is 0 Å². The molecule has 4 rings (SSSR count). The van der Waals surface area contributed by atoms with Gasteiger partial charge in [0.15, 0.2) is 5.82 Å². The number of fused-ring (bicyclic) bond motifs is 1. The molecule has 0 amide bonds. The Morgan fingerprint density at radius 3 is 2.92 bits per heavy atom. The summed E-state index contributed by atoms with van der Waals surface area (Å²) < 4.78 is 0. The Labute approximate surface area is 139 Å². The topological polar surface area (TPSA) is 78.6 Å². The van der Waals surface area contributed by atoms with Crippen molar-refractivity contribution in [2.75, 3.05) is 11.4 Å². The largest absolute Gasteiger partial charge is 0.324 e. The molecule has 116 valence electrons. The molecule has 0 N–H and O–H groups in total. The fraction of sp³-hybridized carbons (Fsp3) is 0.167. The molecule has 0 spiro atoms. The summed E-state index contributed by atoms with van der Waals surface area (Å²) >= 11 is 0. The van der Waals surface area contributed by atoms with Crippen molar-refractivity contribution in [2.45, 2.75) is 13.3 Å². The van der Waals surface area contributed by atoms with Crippen LogP contribution >= 0.6 is 0 Å². The number of nitrogens with zero attached hydrogens (tertiary/aromatic N) is 6. The van der Waals surface area contributed by atoms with Crippen molar-refractivity contribution in [1.29, 1.82) is 5.26 Å². The molecule has 3 aromatic rings. The number of hydrogen-bond acceptors (Lipinski definition) is 6. The maximum Gasteiger partial charge on any atom is 0.180 e. The van der Waals surface area contributed by atoms with Crippen molar-refractivity contribution >= 4 is 11.5 Å². The maximum absolute atomic E-state index is 9.33. The lowest BCUT2D eigenvalue weighted by Gasteiger charge is -2.19. The van der Waals surface area contributed by atoms with E-state index in [0.29, 0.717) is 11.4 Å². The Bertz CT molecular complexity index is 960. The van der Waals surface area contributed by atoms with Crippen LogP contribution in [-0.2, 0) is 6.42 Å². The zero-order valence-corrected chi connectivity index (χ0v) is 13.1. The lowest BCUT2D eigenvalue weighted by molar-refractivity contribution is 0.985. The number of pyridine rings is 2. The molecule has 0 atom stereocenters. The van der Waals surface area contributed by atoms with Crippen LogP contribution in [-0.4, -0.2) is 26.5 Å². The van der Waals surface area contributed by atoms with Crippen LogP contribution in [0.4, 0.5) is 11.5 Å². The van der Waals surface area contributed by atoms with Crippen LogP contribution < -0.4 is 4.90 Å². The van der Waals surface area contributed by atoms with E-state index in [9.17, 15) is 5.26 Å². The Kier molecular flexibility index (Phi) is 3.39. The second kappa shape index (κ2) is 5.70. The predicted octanol–water partition coefficient (Wildman–Crippen LogP) is 2.81. The average Bonchev–Trinajstić information content (AvgIpc) is 3.04. The van der Waals surface area contributed by atoms with Gasteiger partial charge in [0.05, 0.1) is 11.3 Å². The third-order valence-corrected chi connectivity index (χ3v) is 4.03. The summed E-state index contributed by atoms with van der Waals surface area (Å²) in [7, 11) is 0. The van der Waals surface area contributed by atoms with E-state index in [1.807, 2.05) is 37.4 Å². The molecular formula is C18H14N6. The van der Waals surface area contributed by atoms with Crippen LogP contribution in [0.3, 0.4) is 0 Å². The van der Waals surface area contributed by atoms with E-state index in [4.69, 9.17) is 4.98 Å². The van der Waals surface area contributed by atoms with E-state index in [-0.39, 0.29) is 0 Å². The first kappa shape index (κ1) is 14.3. The SMILES string of the molecule is Cc1cccc(-c2ncc3c(n2)N(c2ccncc2C#N)CC3)n1. The third kappa shape index (κ3) is 2.36. The predicted molar refractivity (Wildman–Crippen MR) is 89.7 cm³/mol. The molecule has 3 aromatic heterocycles. The maximum atomic E-state index is 9.33. The number of hydrogen-bond donors (Lipinski definition) is 0. The highest BCUT2D eigenvalue weighted by Crippen LogP contribution is 2.34. The lowest BCUT2D eigenvalue weighted by Crippen LogP contribution is -2.16. The van der Waals surface area contributed by atoms with Gasteiger partial charge in [0.2, 0.25) is 0 Å². The van der Waals surface area contributed by atoms with Gasteiger partial charge in [-0.1, -0.05) is 6.07 Å². The quantitative estimate of drug-likeness (QED) is 0.723. The minimum absolute atomic E-state index is 0.541. The third-order valence-electron chi connectivity index (χ3n) is 4.03. The zero-order valence-electron chi connectivity index (χ0n) is 13.1. The molecular weight excluding hydrogens is 300 g/mol. The molecule has 4 heterocycles. The van der Waals surface area contributed by atoms with Gasteiger partial charge in [-0.3, -0.25) is 4.98 Å². The first-order valence-corrected chi connectivity index (χ1v) is 7.68. The van der Waals surface area contributed by atoms with E-state index in [2.05, 4.69) is 25.9 Å². The van der Waals surface area contributed by atoms with Crippen LogP contribution in [0.25, 0.3) is 11.5 Å². The number of anilines is 2. The van der Waals surface area contributed by atoms with Gasteiger partial charge in [0, 0.05) is 36.4 Å². The normalized spacial score (nSPS) is 12.8. The Morgan fingerprint density at radius 2 is 2.08 bits per heavy atom. The molecule has 24 heavy (non-hydrogen) atoms. The number of aryl methyl sites for hydroxylation is 1. The highest BCUT2D eigenvalue weighted by molar-refractivity contribution is 5.71. The zero-order chi connectivity index (χ0) is 16.5. The molecule has 1 aliphatic heterocycles. The molecule has 6 heteroatoms. The van der Waals surface area contributed by atoms with Crippen LogP contribution in [0.1, 0.15) is 16.8 Å². The Morgan fingerprint density at radius 1 is 1.17 bits per heavy atom. The molecule has 6 nitrogen and oxygen atoms in total. The van der Waals surface area contributed by atoms with Crippen LogP contribution in [0.5, 0.6) is 0 Å². The standard InChI is InChI=1S/C18H14N6/c1-12-3-2-4-15(22-12)17-21-11-13-6-8-24(18(13)23-17)16-5-7-20-10-14(16)9-19/h2-5,7,10-11H,6,8H2,1H3. The fourth-order valence-corrected chi connectivity index (χ4v) is 2.88. The van der Waals surface area contributed by atoms with Crippen LogP contribution in [0.15, 0.2) is 42.9 Å². The first-order valence-electron chi connectivity index (χ1n) is 7.68. The van der Waals surface area contributed by atoms with Crippen molar-refractivity contribution in [2.24, 2.45) is 0 Å². The summed E-state index contributed by atoms with van der Waals surface area (Å²) in [5, 5.41) is 9.33. The molecule has 0 unspecified atom stereocenters. The van der Waals surface area contributed by atoms with Crippen molar-refractivity contribution in [3.63, 3.8) is 0 Å². The van der Waals surface area contributed by atoms with Gasteiger partial charge < -0.3 is 4.90 Å². The molecule has 0 aromatic carbocycles. The van der Waals surface area contributed by atoms with Gasteiger partial charge in [0.25, 0.3) is 0 Å². The van der Waals surface area contributed by atoms with Gasteiger partial charge >= 0.3 is 0 Å². The number of aromatic nitrogens is 4. The van der Waals surface area contributed by atoms with E-state index in [0.717, 1.165) is 41.4 Å². The molecule has 0 saturated carbocycles. The summed E-state index contributed by atoms with van der Waals surface area (Å²) in [5.41, 5.74) is 4.12. The van der Waals surface area contributed by atoms with Gasteiger partial charge in [-0.05, 0) is 31.5 Å². The fourth-order valence-electron chi connectivity index (χ4n) is 2.88. The van der Waals surface area contributed by atoms with Crippen LogP contribution in [0.2, 0.25) is 0 Å². The molecule has 1 aliphatic rings. The van der Waals surface area contributed by atoms with Gasteiger partial charge in [-0.2, -0.15) is 5.26 Å². The molecule has 0 radical (unpaired) electrons. The highest BCUT2D eigenvalue weighted by atomic mass is 15.2. The van der Waals surface area contributed by atoms with Crippen molar-refractivity contribution in [1.82, 2.24) is 19.9 Å². The molecule has 0 fully saturated rings. The van der Waals surface area contributed by atoms with E-state index in [1.165, 1.54) is 0 Å². The first-order chi connectivity index (χ1) is 11.8. The number of rotatable bonds is 2. The Hall–Kier alpha value is -3.33. The van der Waals surface area contributed by atoms with Gasteiger partial charge in [-0.25, -0.2) is 15.0 Å². The second-order valence-electron chi connectivity index (χ2n) is 5.61. The minimum Gasteiger partial charge on any atom is -0.324 e. The van der Waals surface area contributed by atoms with E-state index < -0.39 is 0 Å². The van der Waals surface area contributed by atoms with Crippen molar-refractivity contribution in [3.8, 4) is 17.6 Å². The highest BCUT2D eigenvalue weighted by Gasteiger charge is 2.25. The average molecular weight is 314 g/mol. The van der Waals surface area contributed by atoms with Gasteiger partial charge in [-0.15, -0.1) is 0 Å². The second-order valence-corrected chi connectivity index (χ2v) is 5.61. The minimum atomic E-state index is 0.541. The monoisotopic (exact) mass is 314 g/mol. The molecule has 0 aliphatic carbocycles. The summed E-state index contributed by atoms with van der Waals surface area (Å²) in [6.07, 6.45) is 5.98. The smallest absolute Gasteiger partial charge is 0.180 e. The van der Waals surface area contributed by atoms with Crippen LogP contribution in [0, 0.1) is 18.3 Å². The Balaban J connectivity index is 1.81. The molecule has 0 bridgehead atoms. The van der Waals surface area contributed by atoms with E-state index in [1.54, 1.807) is 12.4 Å². The summed E-state index contributed by atoms with van der Waals surface area (Å²) in [4.78, 5) is 19.7. The number of nitriles is 1. The van der Waals surface area contributed by atoms with Gasteiger partial charge in [0.1, 0.15) is 17.6 Å². The van der Waals surface area contributed by atoms with E-state index >= 15 is 0 Å². The van der Waals surface area contributed by atoms with Crippen molar-refractivity contribution in [3.05, 3.63) is 59.7 Å². The molecule has 0 saturated heterocycles. The summed E-state index contributed by atoms with van der Waals surface area (Å²) in [5.74, 6) is 1.43. The lowest BCUT2D eigenvalue weighted by atomic mass is 10.2.